The van der Waals surface area contributed by atoms with Crippen LogP contribution in [0.5, 0.6) is 5.75 Å². The quantitative estimate of drug-likeness (QED) is 0.903. The summed E-state index contributed by atoms with van der Waals surface area (Å²) >= 11 is 0. The first-order valence-electron chi connectivity index (χ1n) is 6.76. The van der Waals surface area contributed by atoms with E-state index >= 15 is 0 Å². The molecule has 2 rings (SSSR count). The van der Waals surface area contributed by atoms with Crippen molar-refractivity contribution in [3.63, 3.8) is 0 Å². The van der Waals surface area contributed by atoms with Gasteiger partial charge in [0, 0.05) is 18.7 Å². The number of hydrogen-bond donors (Lipinski definition) is 1. The number of ether oxygens (including phenoxy) is 1. The second-order valence-corrected chi connectivity index (χ2v) is 5.43. The smallest absolute Gasteiger partial charge is 0.254 e. The standard InChI is InChI=1S/C15H21NO3/c1-11(2)10-19-14-5-3-4-12(8-14)15(18)16-7-6-13(17)9-16/h3-5,8,11,13,17H,6-7,9-10H2,1-2H3. The number of aliphatic hydroxyl groups excluding tert-OH is 1. The Morgan fingerprint density at radius 3 is 2.95 bits per heavy atom. The predicted molar refractivity (Wildman–Crippen MR) is 73.3 cm³/mol. The highest BCUT2D eigenvalue weighted by atomic mass is 16.5. The van der Waals surface area contributed by atoms with Gasteiger partial charge in [-0.2, -0.15) is 0 Å². The molecule has 0 bridgehead atoms. The van der Waals surface area contributed by atoms with E-state index < -0.39 is 0 Å². The summed E-state index contributed by atoms with van der Waals surface area (Å²) in [6.45, 7) is 5.86. The fraction of sp³-hybridized carbons (Fsp3) is 0.533. The number of carbonyl (C=O) groups is 1. The maximum absolute atomic E-state index is 12.2. The molecule has 1 atom stereocenters. The van der Waals surface area contributed by atoms with E-state index in [1.165, 1.54) is 0 Å². The zero-order chi connectivity index (χ0) is 13.8. The summed E-state index contributed by atoms with van der Waals surface area (Å²) in [5, 5.41) is 9.48. The topological polar surface area (TPSA) is 49.8 Å². The zero-order valence-electron chi connectivity index (χ0n) is 11.5. The van der Waals surface area contributed by atoms with Gasteiger partial charge in [-0.25, -0.2) is 0 Å². The minimum absolute atomic E-state index is 0.0356. The van der Waals surface area contributed by atoms with Gasteiger partial charge in [-0.1, -0.05) is 19.9 Å². The SMILES string of the molecule is CC(C)COc1cccc(C(=O)N2CCC(O)C2)c1. The molecule has 0 spiro atoms. The second kappa shape index (κ2) is 6.06. The van der Waals surface area contributed by atoms with E-state index in [2.05, 4.69) is 13.8 Å². The molecule has 4 heteroatoms. The number of likely N-dealkylation sites (tertiary alicyclic amines) is 1. The monoisotopic (exact) mass is 263 g/mol. The van der Waals surface area contributed by atoms with Gasteiger partial charge in [0.05, 0.1) is 12.7 Å². The van der Waals surface area contributed by atoms with Crippen LogP contribution in [0.15, 0.2) is 24.3 Å². The highest BCUT2D eigenvalue weighted by molar-refractivity contribution is 5.94. The Kier molecular flexibility index (Phi) is 4.43. The van der Waals surface area contributed by atoms with Gasteiger partial charge in [0.2, 0.25) is 0 Å². The molecule has 1 fully saturated rings. The largest absolute Gasteiger partial charge is 0.493 e. The second-order valence-electron chi connectivity index (χ2n) is 5.43. The van der Waals surface area contributed by atoms with Gasteiger partial charge in [-0.05, 0) is 30.5 Å². The summed E-state index contributed by atoms with van der Waals surface area (Å²) in [5.41, 5.74) is 0.621. The van der Waals surface area contributed by atoms with Crippen LogP contribution in [-0.2, 0) is 0 Å². The van der Waals surface area contributed by atoms with Gasteiger partial charge >= 0.3 is 0 Å². The molecule has 1 aliphatic rings. The normalized spacial score (nSPS) is 18.9. The number of β-amino-alcohol motifs (C(OH)–C–C–N with tert-alkyl or cyclic N) is 1. The van der Waals surface area contributed by atoms with E-state index in [0.717, 1.165) is 5.75 Å². The maximum atomic E-state index is 12.2. The van der Waals surface area contributed by atoms with Crippen LogP contribution < -0.4 is 4.74 Å². The van der Waals surface area contributed by atoms with E-state index in [-0.39, 0.29) is 12.0 Å². The van der Waals surface area contributed by atoms with Crippen molar-refractivity contribution in [2.24, 2.45) is 5.92 Å². The molecule has 1 aromatic carbocycles. The summed E-state index contributed by atoms with van der Waals surface area (Å²) < 4.78 is 5.62. The lowest BCUT2D eigenvalue weighted by Gasteiger charge is -2.16. The van der Waals surface area contributed by atoms with E-state index in [9.17, 15) is 9.90 Å². The van der Waals surface area contributed by atoms with Crippen LogP contribution >= 0.6 is 0 Å². The Balaban J connectivity index is 2.03. The third-order valence-electron chi connectivity index (χ3n) is 3.11. The number of rotatable bonds is 4. The molecular weight excluding hydrogens is 242 g/mol. The van der Waals surface area contributed by atoms with Gasteiger partial charge in [0.1, 0.15) is 5.75 Å². The van der Waals surface area contributed by atoms with Gasteiger partial charge < -0.3 is 14.7 Å². The lowest BCUT2D eigenvalue weighted by atomic mass is 10.2. The van der Waals surface area contributed by atoms with Crippen LogP contribution in [-0.4, -0.2) is 41.7 Å². The summed E-state index contributed by atoms with van der Waals surface area (Å²) in [6, 6.07) is 7.25. The molecule has 0 saturated carbocycles. The van der Waals surface area contributed by atoms with Crippen LogP contribution in [0, 0.1) is 5.92 Å². The molecule has 1 heterocycles. The van der Waals surface area contributed by atoms with Crippen molar-refractivity contribution in [3.8, 4) is 5.75 Å². The molecule has 1 saturated heterocycles. The van der Waals surface area contributed by atoms with Crippen molar-refractivity contribution in [1.29, 1.82) is 0 Å². The summed E-state index contributed by atoms with van der Waals surface area (Å²) in [4.78, 5) is 13.9. The highest BCUT2D eigenvalue weighted by Gasteiger charge is 2.25. The van der Waals surface area contributed by atoms with Crippen molar-refractivity contribution in [2.75, 3.05) is 19.7 Å². The Bertz CT molecular complexity index is 445. The van der Waals surface area contributed by atoms with Crippen molar-refractivity contribution in [1.82, 2.24) is 4.90 Å². The molecule has 1 unspecified atom stereocenters. The van der Waals surface area contributed by atoms with E-state index in [1.54, 1.807) is 17.0 Å². The van der Waals surface area contributed by atoms with Crippen LogP contribution in [0.25, 0.3) is 0 Å². The van der Waals surface area contributed by atoms with Gasteiger partial charge in [0.15, 0.2) is 0 Å². The summed E-state index contributed by atoms with van der Waals surface area (Å²) in [5.74, 6) is 1.14. The highest BCUT2D eigenvalue weighted by Crippen LogP contribution is 2.18. The van der Waals surface area contributed by atoms with E-state index in [0.29, 0.717) is 37.6 Å². The number of aliphatic hydroxyl groups is 1. The molecule has 0 aromatic heterocycles. The average Bonchev–Trinajstić information content (AvgIpc) is 2.82. The lowest BCUT2D eigenvalue weighted by molar-refractivity contribution is 0.0764. The summed E-state index contributed by atoms with van der Waals surface area (Å²) in [7, 11) is 0. The molecule has 1 aromatic rings. The molecule has 4 nitrogen and oxygen atoms in total. The van der Waals surface area contributed by atoms with Crippen LogP contribution in [0.1, 0.15) is 30.6 Å². The first-order valence-corrected chi connectivity index (χ1v) is 6.76. The van der Waals surface area contributed by atoms with Gasteiger partial charge in [-0.3, -0.25) is 4.79 Å². The zero-order valence-corrected chi connectivity index (χ0v) is 11.5. The molecule has 0 radical (unpaired) electrons. The number of benzene rings is 1. The number of carbonyl (C=O) groups excluding carboxylic acids is 1. The molecule has 0 aliphatic carbocycles. The number of amides is 1. The molecular formula is C15H21NO3. The van der Waals surface area contributed by atoms with Crippen molar-refractivity contribution in [2.45, 2.75) is 26.4 Å². The molecule has 104 valence electrons. The third kappa shape index (κ3) is 3.70. The number of hydrogen-bond acceptors (Lipinski definition) is 3. The predicted octanol–water partition coefficient (Wildman–Crippen LogP) is 1.93. The molecule has 1 amide bonds. The summed E-state index contributed by atoms with van der Waals surface area (Å²) in [6.07, 6.45) is 0.277. The third-order valence-corrected chi connectivity index (χ3v) is 3.11. The number of nitrogens with zero attached hydrogens (tertiary/aromatic N) is 1. The lowest BCUT2D eigenvalue weighted by Crippen LogP contribution is -2.29. The molecule has 19 heavy (non-hydrogen) atoms. The fourth-order valence-electron chi connectivity index (χ4n) is 2.09. The van der Waals surface area contributed by atoms with Gasteiger partial charge in [0.25, 0.3) is 5.91 Å². The van der Waals surface area contributed by atoms with Gasteiger partial charge in [-0.15, -0.1) is 0 Å². The van der Waals surface area contributed by atoms with Crippen molar-refractivity contribution in [3.05, 3.63) is 29.8 Å². The van der Waals surface area contributed by atoms with Crippen molar-refractivity contribution >= 4 is 5.91 Å². The van der Waals surface area contributed by atoms with Crippen LogP contribution in [0.3, 0.4) is 0 Å². The Morgan fingerprint density at radius 2 is 2.32 bits per heavy atom. The average molecular weight is 263 g/mol. The minimum atomic E-state index is -0.385. The van der Waals surface area contributed by atoms with Crippen molar-refractivity contribution < 1.29 is 14.6 Å². The Hall–Kier alpha value is -1.55. The van der Waals surface area contributed by atoms with E-state index in [1.807, 2.05) is 12.1 Å². The minimum Gasteiger partial charge on any atom is -0.493 e. The van der Waals surface area contributed by atoms with Crippen LogP contribution in [0.4, 0.5) is 0 Å². The van der Waals surface area contributed by atoms with E-state index in [4.69, 9.17) is 4.74 Å². The van der Waals surface area contributed by atoms with Crippen LogP contribution in [0.2, 0.25) is 0 Å². The molecule has 1 N–H and O–H groups in total. The Morgan fingerprint density at radius 1 is 1.53 bits per heavy atom. The first kappa shape index (κ1) is 13.9. The first-order chi connectivity index (χ1) is 9.06. The molecule has 1 aliphatic heterocycles. The maximum Gasteiger partial charge on any atom is 0.254 e. The fourth-order valence-corrected chi connectivity index (χ4v) is 2.09. The Labute approximate surface area is 114 Å².